The summed E-state index contributed by atoms with van der Waals surface area (Å²) in [6.45, 7) is 1.74. The topological polar surface area (TPSA) is 70.1 Å². The maximum Gasteiger partial charge on any atom is 0.415 e. The van der Waals surface area contributed by atoms with E-state index in [2.05, 4.69) is 0 Å². The molecule has 0 aromatic heterocycles. The first-order valence-corrected chi connectivity index (χ1v) is 12.3. The molecule has 0 aliphatic carbocycles. The highest BCUT2D eigenvalue weighted by molar-refractivity contribution is 5.95. The second-order valence-corrected chi connectivity index (χ2v) is 9.27. The Morgan fingerprint density at radius 2 is 1.40 bits per heavy atom. The van der Waals surface area contributed by atoms with Crippen LogP contribution in [0.4, 0.5) is 10.5 Å². The van der Waals surface area contributed by atoms with Gasteiger partial charge in [-0.2, -0.15) is 0 Å². The molecule has 2 aliphatic heterocycles. The third-order valence-corrected chi connectivity index (χ3v) is 7.20. The Hall–Kier alpha value is -3.64. The van der Waals surface area contributed by atoms with E-state index in [1.54, 1.807) is 21.9 Å². The molecule has 6 heteroatoms. The maximum atomic E-state index is 12.8. The van der Waals surface area contributed by atoms with Crippen LogP contribution < -0.4 is 9.64 Å². The van der Waals surface area contributed by atoms with Gasteiger partial charge in [-0.25, -0.2) is 4.79 Å². The zero-order valence-electron chi connectivity index (χ0n) is 19.7. The summed E-state index contributed by atoms with van der Waals surface area (Å²) in [5.74, 6) is 0.551. The van der Waals surface area contributed by atoms with Crippen molar-refractivity contribution in [3.8, 4) is 5.75 Å². The van der Waals surface area contributed by atoms with E-state index in [-0.39, 0.29) is 11.8 Å². The summed E-state index contributed by atoms with van der Waals surface area (Å²) in [5.41, 5.74) is 1.43. The largest absolute Gasteiger partial charge is 0.415 e. The monoisotopic (exact) mass is 470 g/mol. The Morgan fingerprint density at radius 1 is 0.829 bits per heavy atom. The van der Waals surface area contributed by atoms with Crippen molar-refractivity contribution in [1.82, 2.24) is 4.90 Å². The van der Waals surface area contributed by atoms with Crippen LogP contribution in [0.15, 0.2) is 84.9 Å². The number of aliphatic hydroxyl groups is 1. The molecule has 0 spiro atoms. The van der Waals surface area contributed by atoms with Crippen molar-refractivity contribution < 1.29 is 19.4 Å². The van der Waals surface area contributed by atoms with E-state index in [4.69, 9.17) is 4.74 Å². The van der Waals surface area contributed by atoms with Gasteiger partial charge in [-0.15, -0.1) is 0 Å². The molecular formula is C29H30N2O4. The number of carbonyl (C=O) groups is 2. The number of ether oxygens (including phenoxy) is 1. The molecule has 2 saturated heterocycles. The summed E-state index contributed by atoms with van der Waals surface area (Å²) in [7, 11) is 0. The highest BCUT2D eigenvalue weighted by atomic mass is 16.6. The molecule has 5 rings (SSSR count). The fourth-order valence-corrected chi connectivity index (χ4v) is 5.28. The van der Waals surface area contributed by atoms with Gasteiger partial charge in [-0.05, 0) is 60.6 Å². The van der Waals surface area contributed by atoms with Crippen molar-refractivity contribution in [2.24, 2.45) is 5.92 Å². The molecule has 0 radical (unpaired) electrons. The van der Waals surface area contributed by atoms with Crippen molar-refractivity contribution >= 4 is 17.7 Å². The van der Waals surface area contributed by atoms with Crippen molar-refractivity contribution in [1.29, 1.82) is 0 Å². The van der Waals surface area contributed by atoms with E-state index < -0.39 is 11.7 Å². The van der Waals surface area contributed by atoms with Crippen molar-refractivity contribution in [3.05, 3.63) is 96.1 Å². The third kappa shape index (κ3) is 4.66. The first-order valence-electron chi connectivity index (χ1n) is 12.3. The summed E-state index contributed by atoms with van der Waals surface area (Å²) in [6, 6.07) is 26.6. The Balaban J connectivity index is 1.24. The van der Waals surface area contributed by atoms with Crippen LogP contribution in [-0.4, -0.2) is 41.6 Å². The molecule has 0 unspecified atom stereocenters. The molecule has 35 heavy (non-hydrogen) atoms. The smallest absolute Gasteiger partial charge is 0.410 e. The third-order valence-electron chi connectivity index (χ3n) is 7.20. The minimum absolute atomic E-state index is 0.0337. The van der Waals surface area contributed by atoms with Gasteiger partial charge in [0, 0.05) is 31.7 Å². The van der Waals surface area contributed by atoms with Crippen LogP contribution in [0.5, 0.6) is 5.75 Å². The molecule has 2 aliphatic rings. The zero-order valence-corrected chi connectivity index (χ0v) is 19.7. The second kappa shape index (κ2) is 9.92. The van der Waals surface area contributed by atoms with Gasteiger partial charge in [0.1, 0.15) is 11.4 Å². The van der Waals surface area contributed by atoms with Gasteiger partial charge in [0.25, 0.3) is 0 Å². The fraction of sp³-hybridized carbons (Fsp3) is 0.310. The van der Waals surface area contributed by atoms with E-state index in [1.807, 2.05) is 72.8 Å². The van der Waals surface area contributed by atoms with Gasteiger partial charge in [0.15, 0.2) is 0 Å². The molecule has 0 bridgehead atoms. The summed E-state index contributed by atoms with van der Waals surface area (Å²) in [5, 5.41) is 12.0. The SMILES string of the molecule is O=C(Oc1ccc(N2CCCC2=O)cc1)N1CCC(C(O)(c2ccccc2)c2ccccc2)CC1. The highest BCUT2D eigenvalue weighted by Crippen LogP contribution is 2.42. The van der Waals surface area contributed by atoms with E-state index in [0.29, 0.717) is 38.1 Å². The molecule has 0 saturated carbocycles. The average molecular weight is 471 g/mol. The lowest BCUT2D eigenvalue weighted by molar-refractivity contribution is -0.117. The Labute approximate surface area is 205 Å². The standard InChI is InChI=1S/C29H30N2O4/c32-27-12-7-19-31(27)25-13-15-26(16-14-25)35-28(33)30-20-17-24(18-21-30)29(34,22-8-3-1-4-9-22)23-10-5-2-6-11-23/h1-6,8-11,13-16,24,34H,7,12,17-21H2. The van der Waals surface area contributed by atoms with E-state index in [9.17, 15) is 14.7 Å². The van der Waals surface area contributed by atoms with Gasteiger partial charge in [0.2, 0.25) is 5.91 Å². The first-order chi connectivity index (χ1) is 17.1. The van der Waals surface area contributed by atoms with Crippen LogP contribution in [0, 0.1) is 5.92 Å². The summed E-state index contributed by atoms with van der Waals surface area (Å²) in [6.07, 6.45) is 2.37. The Bertz CT molecular complexity index is 1120. The number of hydrogen-bond acceptors (Lipinski definition) is 4. The lowest BCUT2D eigenvalue weighted by atomic mass is 9.72. The number of carbonyl (C=O) groups excluding carboxylic acids is 2. The van der Waals surface area contributed by atoms with Crippen LogP contribution in [0.1, 0.15) is 36.8 Å². The minimum atomic E-state index is -1.12. The first kappa shape index (κ1) is 23.1. The van der Waals surface area contributed by atoms with Crippen LogP contribution in [0.2, 0.25) is 0 Å². The average Bonchev–Trinajstić information content (AvgIpc) is 3.35. The lowest BCUT2D eigenvalue weighted by Gasteiger charge is -2.42. The van der Waals surface area contributed by atoms with Crippen LogP contribution >= 0.6 is 0 Å². The van der Waals surface area contributed by atoms with Gasteiger partial charge in [-0.3, -0.25) is 4.79 Å². The number of nitrogens with zero attached hydrogens (tertiary/aromatic N) is 2. The molecule has 2 fully saturated rings. The number of anilines is 1. The van der Waals surface area contributed by atoms with Gasteiger partial charge >= 0.3 is 6.09 Å². The van der Waals surface area contributed by atoms with Gasteiger partial charge in [-0.1, -0.05) is 60.7 Å². The molecule has 2 amide bonds. The molecule has 1 N–H and O–H groups in total. The molecule has 0 atom stereocenters. The predicted octanol–water partition coefficient (Wildman–Crippen LogP) is 4.96. The molecule has 6 nitrogen and oxygen atoms in total. The number of amides is 2. The Morgan fingerprint density at radius 3 is 1.91 bits per heavy atom. The molecule has 3 aromatic rings. The van der Waals surface area contributed by atoms with E-state index in [1.165, 1.54) is 0 Å². The number of piperidine rings is 1. The normalized spacial score (nSPS) is 17.0. The maximum absolute atomic E-state index is 12.8. The van der Waals surface area contributed by atoms with Crippen molar-refractivity contribution in [3.63, 3.8) is 0 Å². The molecule has 180 valence electrons. The van der Waals surface area contributed by atoms with Crippen LogP contribution in [0.3, 0.4) is 0 Å². The number of likely N-dealkylation sites (tertiary alicyclic amines) is 1. The number of benzene rings is 3. The van der Waals surface area contributed by atoms with E-state index in [0.717, 1.165) is 29.8 Å². The summed E-state index contributed by atoms with van der Waals surface area (Å²) < 4.78 is 5.61. The predicted molar refractivity (Wildman–Crippen MR) is 134 cm³/mol. The quantitative estimate of drug-likeness (QED) is 0.572. The highest BCUT2D eigenvalue weighted by Gasteiger charge is 2.42. The van der Waals surface area contributed by atoms with Crippen molar-refractivity contribution in [2.45, 2.75) is 31.3 Å². The number of rotatable bonds is 5. The molecule has 3 aromatic carbocycles. The van der Waals surface area contributed by atoms with Crippen LogP contribution in [-0.2, 0) is 10.4 Å². The summed E-state index contributed by atoms with van der Waals surface area (Å²) in [4.78, 5) is 28.2. The summed E-state index contributed by atoms with van der Waals surface area (Å²) >= 11 is 0. The van der Waals surface area contributed by atoms with Gasteiger partial charge in [0.05, 0.1) is 0 Å². The second-order valence-electron chi connectivity index (χ2n) is 9.27. The molecular weight excluding hydrogens is 440 g/mol. The number of hydrogen-bond donors (Lipinski definition) is 1. The molecule has 2 heterocycles. The van der Waals surface area contributed by atoms with Crippen LogP contribution in [0.25, 0.3) is 0 Å². The lowest BCUT2D eigenvalue weighted by Crippen LogP contribution is -2.46. The zero-order chi connectivity index (χ0) is 24.3. The van der Waals surface area contributed by atoms with Gasteiger partial charge < -0.3 is 19.6 Å². The fourth-order valence-electron chi connectivity index (χ4n) is 5.28. The van der Waals surface area contributed by atoms with Crippen molar-refractivity contribution in [2.75, 3.05) is 24.5 Å². The minimum Gasteiger partial charge on any atom is -0.410 e. The Kier molecular flexibility index (Phi) is 6.55. The van der Waals surface area contributed by atoms with E-state index >= 15 is 0 Å².